The third kappa shape index (κ3) is 3.71. The van der Waals surface area contributed by atoms with E-state index in [0.29, 0.717) is 44.2 Å². The number of carbonyl (C=O) groups excluding carboxylic acids is 2. The lowest BCUT2D eigenvalue weighted by Crippen LogP contribution is -2.46. The Morgan fingerprint density at radius 1 is 1.41 bits per heavy atom. The van der Waals surface area contributed by atoms with Gasteiger partial charge in [0.25, 0.3) is 0 Å². The minimum Gasteiger partial charge on any atom is -0.494 e. The van der Waals surface area contributed by atoms with Crippen LogP contribution in [0.25, 0.3) is 0 Å². The van der Waals surface area contributed by atoms with E-state index in [1.165, 1.54) is 0 Å². The summed E-state index contributed by atoms with van der Waals surface area (Å²) in [6.07, 6.45) is 2.23. The fraction of sp³-hybridized carbons (Fsp3) is 0.619. The second kappa shape index (κ2) is 8.13. The zero-order valence-corrected chi connectivity index (χ0v) is 17.4. The molecule has 2 bridgehead atoms. The molecule has 3 aliphatic rings. The van der Waals surface area contributed by atoms with Gasteiger partial charge in [0.15, 0.2) is 0 Å². The summed E-state index contributed by atoms with van der Waals surface area (Å²) in [6.45, 7) is 2.57. The Morgan fingerprint density at radius 2 is 2.17 bits per heavy atom. The highest BCUT2D eigenvalue weighted by molar-refractivity contribution is 6.30. The molecule has 0 aliphatic carbocycles. The molecule has 4 rings (SSSR count). The molecule has 8 heteroatoms. The summed E-state index contributed by atoms with van der Waals surface area (Å²) in [5.41, 5.74) is 5.16. The first-order chi connectivity index (χ1) is 13.9. The van der Waals surface area contributed by atoms with Crippen LogP contribution in [0.5, 0.6) is 5.75 Å². The molecule has 3 fully saturated rings. The summed E-state index contributed by atoms with van der Waals surface area (Å²) in [4.78, 5) is 29.6. The topological polar surface area (TPSA) is 85.1 Å². The van der Waals surface area contributed by atoms with Gasteiger partial charge in [0, 0.05) is 31.7 Å². The number of likely N-dealkylation sites (tertiary alicyclic amines) is 1. The third-order valence-electron chi connectivity index (χ3n) is 6.38. The van der Waals surface area contributed by atoms with E-state index in [2.05, 4.69) is 0 Å². The van der Waals surface area contributed by atoms with Gasteiger partial charge < -0.3 is 25.0 Å². The Kier molecular flexibility index (Phi) is 5.73. The molecule has 158 valence electrons. The highest BCUT2D eigenvalue weighted by Crippen LogP contribution is 2.55. The van der Waals surface area contributed by atoms with Crippen molar-refractivity contribution in [3.05, 3.63) is 29.3 Å². The van der Waals surface area contributed by atoms with Crippen molar-refractivity contribution in [3.63, 3.8) is 0 Å². The quantitative estimate of drug-likeness (QED) is 0.643. The Bertz CT molecular complexity index is 774. The molecular weight excluding hydrogens is 394 g/mol. The van der Waals surface area contributed by atoms with Crippen molar-refractivity contribution >= 4 is 23.4 Å². The van der Waals surface area contributed by atoms with E-state index in [1.807, 2.05) is 12.1 Å². The number of nitrogens with zero attached hydrogens (tertiary/aromatic N) is 2. The standard InChI is InChI=1S/C21H28ClN3O4/c1-24(10-2-12-28-15-5-3-14(22)4-6-15)19(26)17-16-7-8-21(29-16)13-25(11-9-23)20(27)18(17)21/h3-6,16-18H,2,7-13,23H2,1H3/t16-,17-,18+,21-/m0/s1. The van der Waals surface area contributed by atoms with Crippen molar-refractivity contribution in [1.82, 2.24) is 9.80 Å². The molecule has 3 saturated heterocycles. The molecule has 3 aliphatic heterocycles. The van der Waals surface area contributed by atoms with Crippen LogP contribution in [-0.4, -0.2) is 73.2 Å². The molecule has 2 amide bonds. The zero-order valence-electron chi connectivity index (χ0n) is 16.7. The van der Waals surface area contributed by atoms with E-state index in [0.717, 1.165) is 18.6 Å². The van der Waals surface area contributed by atoms with E-state index in [9.17, 15) is 9.59 Å². The largest absolute Gasteiger partial charge is 0.494 e. The van der Waals surface area contributed by atoms with Crippen LogP contribution in [-0.2, 0) is 14.3 Å². The van der Waals surface area contributed by atoms with Crippen molar-refractivity contribution < 1.29 is 19.1 Å². The average Bonchev–Trinajstić information content (AvgIpc) is 3.34. The molecule has 1 aromatic carbocycles. The maximum atomic E-state index is 13.2. The molecule has 1 aromatic rings. The molecule has 0 aromatic heterocycles. The fourth-order valence-corrected chi connectivity index (χ4v) is 5.18. The minimum atomic E-state index is -0.490. The lowest BCUT2D eigenvalue weighted by molar-refractivity contribution is -0.143. The Morgan fingerprint density at radius 3 is 2.90 bits per heavy atom. The van der Waals surface area contributed by atoms with Crippen LogP contribution in [0.3, 0.4) is 0 Å². The van der Waals surface area contributed by atoms with Crippen LogP contribution in [0, 0.1) is 11.8 Å². The van der Waals surface area contributed by atoms with Crippen molar-refractivity contribution in [2.45, 2.75) is 31.0 Å². The predicted molar refractivity (Wildman–Crippen MR) is 109 cm³/mol. The first-order valence-electron chi connectivity index (χ1n) is 10.3. The maximum Gasteiger partial charge on any atom is 0.229 e. The molecule has 29 heavy (non-hydrogen) atoms. The van der Waals surface area contributed by atoms with Crippen molar-refractivity contribution in [3.8, 4) is 5.75 Å². The monoisotopic (exact) mass is 421 g/mol. The van der Waals surface area contributed by atoms with E-state index >= 15 is 0 Å². The van der Waals surface area contributed by atoms with Crippen LogP contribution in [0.15, 0.2) is 24.3 Å². The SMILES string of the molecule is CN(CCCOc1ccc(Cl)cc1)C(=O)[C@H]1[C@@H]2CC[C@@]3(CN(CCN)C(=O)[C@@H]13)O2. The molecule has 3 heterocycles. The van der Waals surface area contributed by atoms with Gasteiger partial charge in [-0.1, -0.05) is 11.6 Å². The van der Waals surface area contributed by atoms with E-state index in [4.69, 9.17) is 26.8 Å². The zero-order chi connectivity index (χ0) is 20.6. The van der Waals surface area contributed by atoms with E-state index < -0.39 is 5.60 Å². The van der Waals surface area contributed by atoms with Crippen molar-refractivity contribution in [2.24, 2.45) is 17.6 Å². The Balaban J connectivity index is 1.33. The number of amides is 2. The Hall–Kier alpha value is -1.83. The third-order valence-corrected chi connectivity index (χ3v) is 6.63. The maximum absolute atomic E-state index is 13.2. The summed E-state index contributed by atoms with van der Waals surface area (Å²) < 4.78 is 11.9. The highest BCUT2D eigenvalue weighted by Gasteiger charge is 2.68. The summed E-state index contributed by atoms with van der Waals surface area (Å²) in [7, 11) is 1.79. The normalized spacial score (nSPS) is 30.0. The van der Waals surface area contributed by atoms with Gasteiger partial charge in [0.1, 0.15) is 5.75 Å². The second-order valence-corrected chi connectivity index (χ2v) is 8.66. The molecule has 0 unspecified atom stereocenters. The number of hydrogen-bond donors (Lipinski definition) is 1. The lowest BCUT2D eigenvalue weighted by Gasteiger charge is -2.30. The van der Waals surface area contributed by atoms with Crippen LogP contribution < -0.4 is 10.5 Å². The molecule has 4 atom stereocenters. The van der Waals surface area contributed by atoms with E-state index in [1.54, 1.807) is 29.0 Å². The Labute approximate surface area is 176 Å². The molecule has 7 nitrogen and oxygen atoms in total. The number of benzene rings is 1. The van der Waals surface area contributed by atoms with Crippen molar-refractivity contribution in [1.29, 1.82) is 0 Å². The molecule has 2 N–H and O–H groups in total. The number of ether oxygens (including phenoxy) is 2. The van der Waals surface area contributed by atoms with Gasteiger partial charge in [0.2, 0.25) is 11.8 Å². The average molecular weight is 422 g/mol. The second-order valence-electron chi connectivity index (χ2n) is 8.23. The number of carbonyl (C=O) groups is 2. The minimum absolute atomic E-state index is 0.00369. The lowest BCUT2D eigenvalue weighted by atomic mass is 9.72. The van der Waals surface area contributed by atoms with Gasteiger partial charge in [0.05, 0.1) is 36.7 Å². The number of fused-ring (bicyclic) bond motifs is 1. The number of rotatable bonds is 8. The van der Waals surface area contributed by atoms with Crippen LogP contribution in [0.4, 0.5) is 0 Å². The van der Waals surface area contributed by atoms with Gasteiger partial charge in [-0.25, -0.2) is 0 Å². The van der Waals surface area contributed by atoms with Gasteiger partial charge >= 0.3 is 0 Å². The van der Waals surface area contributed by atoms with Gasteiger partial charge in [-0.15, -0.1) is 0 Å². The van der Waals surface area contributed by atoms with Gasteiger partial charge in [-0.3, -0.25) is 9.59 Å². The predicted octanol–water partition coefficient (Wildman–Crippen LogP) is 1.53. The fourth-order valence-electron chi connectivity index (χ4n) is 5.05. The summed E-state index contributed by atoms with van der Waals surface area (Å²) >= 11 is 5.87. The number of halogens is 1. The molecule has 1 spiro atoms. The summed E-state index contributed by atoms with van der Waals surface area (Å²) in [5, 5.41) is 0.667. The first kappa shape index (κ1) is 20.4. The molecule has 0 saturated carbocycles. The van der Waals surface area contributed by atoms with Crippen LogP contribution >= 0.6 is 11.6 Å². The smallest absolute Gasteiger partial charge is 0.229 e. The van der Waals surface area contributed by atoms with Crippen LogP contribution in [0.1, 0.15) is 19.3 Å². The summed E-state index contributed by atoms with van der Waals surface area (Å²) in [5.74, 6) is 0.0177. The van der Waals surface area contributed by atoms with E-state index in [-0.39, 0.29) is 29.8 Å². The highest BCUT2D eigenvalue weighted by atomic mass is 35.5. The van der Waals surface area contributed by atoms with Gasteiger partial charge in [-0.2, -0.15) is 0 Å². The number of hydrogen-bond acceptors (Lipinski definition) is 5. The first-order valence-corrected chi connectivity index (χ1v) is 10.6. The summed E-state index contributed by atoms with van der Waals surface area (Å²) in [6, 6.07) is 7.21. The number of nitrogens with two attached hydrogens (primary N) is 1. The van der Waals surface area contributed by atoms with Gasteiger partial charge in [-0.05, 0) is 43.5 Å². The van der Waals surface area contributed by atoms with Crippen molar-refractivity contribution in [2.75, 3.05) is 39.8 Å². The molecule has 0 radical (unpaired) electrons. The van der Waals surface area contributed by atoms with Crippen LogP contribution in [0.2, 0.25) is 5.02 Å². The molecular formula is C21H28ClN3O4.